The third kappa shape index (κ3) is 1.98. The van der Waals surface area contributed by atoms with Crippen molar-refractivity contribution < 1.29 is 9.13 Å². The van der Waals surface area contributed by atoms with Crippen LogP contribution in [0.25, 0.3) is 22.3 Å². The second kappa shape index (κ2) is 5.48. The van der Waals surface area contributed by atoms with Gasteiger partial charge in [0.05, 0.1) is 30.1 Å². The minimum Gasteiger partial charge on any atom is -0.343 e. The molecule has 0 saturated heterocycles. The number of para-hydroxylation sites is 1. The molecule has 4 heterocycles. The fraction of sp³-hybridized carbons (Fsp3) is 0.333. The number of benzene rings is 1. The van der Waals surface area contributed by atoms with E-state index < -0.39 is 12.3 Å². The van der Waals surface area contributed by atoms with Crippen molar-refractivity contribution in [2.45, 2.75) is 45.7 Å². The molecule has 2 aliphatic rings. The van der Waals surface area contributed by atoms with Gasteiger partial charge in [0, 0.05) is 22.4 Å². The number of aromatic nitrogens is 2. The van der Waals surface area contributed by atoms with Crippen molar-refractivity contribution in [3.8, 4) is 11.4 Å². The van der Waals surface area contributed by atoms with Crippen molar-refractivity contribution in [1.29, 1.82) is 0 Å². The molecule has 1 aromatic carbocycles. The first-order chi connectivity index (χ1) is 12.6. The number of hydrogen-bond donors (Lipinski definition) is 0. The molecule has 0 amide bonds. The third-order valence-electron chi connectivity index (χ3n) is 5.81. The van der Waals surface area contributed by atoms with E-state index in [0.29, 0.717) is 18.5 Å². The molecular weight excluding hydrogens is 331 g/mol. The molecular formula is C21H19FN2O2. The monoisotopic (exact) mass is 350 g/mol. The smallest absolute Gasteiger partial charge is 0.257 e. The molecule has 132 valence electrons. The van der Waals surface area contributed by atoms with Crippen molar-refractivity contribution >= 4 is 10.9 Å². The molecule has 0 saturated carbocycles. The van der Waals surface area contributed by atoms with Crippen molar-refractivity contribution in [1.82, 2.24) is 9.55 Å². The van der Waals surface area contributed by atoms with E-state index in [1.807, 2.05) is 31.2 Å². The molecule has 5 rings (SSSR count). The van der Waals surface area contributed by atoms with Crippen LogP contribution in [0.5, 0.6) is 0 Å². The number of hydrogen-bond acceptors (Lipinski definition) is 3. The molecule has 0 fully saturated rings. The number of rotatable bonds is 1. The summed E-state index contributed by atoms with van der Waals surface area (Å²) in [7, 11) is 0. The van der Waals surface area contributed by atoms with Crippen LogP contribution < -0.4 is 5.56 Å². The van der Waals surface area contributed by atoms with Gasteiger partial charge in [0.15, 0.2) is 0 Å². The number of halogens is 1. The topological polar surface area (TPSA) is 44.1 Å². The Morgan fingerprint density at radius 2 is 2.12 bits per heavy atom. The largest absolute Gasteiger partial charge is 0.343 e. The Morgan fingerprint density at radius 1 is 1.31 bits per heavy atom. The van der Waals surface area contributed by atoms with E-state index in [2.05, 4.69) is 13.0 Å². The first-order valence-corrected chi connectivity index (χ1v) is 9.01. The summed E-state index contributed by atoms with van der Waals surface area (Å²) >= 11 is 0. The van der Waals surface area contributed by atoms with Gasteiger partial charge >= 0.3 is 0 Å². The number of aryl methyl sites for hydroxylation is 1. The summed E-state index contributed by atoms with van der Waals surface area (Å²) < 4.78 is 21.2. The molecule has 26 heavy (non-hydrogen) atoms. The highest BCUT2D eigenvalue weighted by molar-refractivity contribution is 5.87. The lowest BCUT2D eigenvalue weighted by atomic mass is 9.90. The SMILES string of the molecule is CCC1c2cc3n(c(=O)c2CO[C@H]1F)Cc1c-3nc2ccccc2c1C. The van der Waals surface area contributed by atoms with E-state index in [1.54, 1.807) is 4.57 Å². The van der Waals surface area contributed by atoms with E-state index in [9.17, 15) is 9.18 Å². The van der Waals surface area contributed by atoms with Gasteiger partial charge in [-0.2, -0.15) is 0 Å². The maximum Gasteiger partial charge on any atom is 0.257 e. The van der Waals surface area contributed by atoms with Crippen molar-refractivity contribution in [2.75, 3.05) is 0 Å². The molecule has 0 spiro atoms. The average molecular weight is 350 g/mol. The first kappa shape index (κ1) is 15.7. The first-order valence-electron chi connectivity index (χ1n) is 9.01. The average Bonchev–Trinajstić information content (AvgIpc) is 3.01. The zero-order valence-corrected chi connectivity index (χ0v) is 14.8. The van der Waals surface area contributed by atoms with Crippen molar-refractivity contribution in [3.05, 3.63) is 62.9 Å². The van der Waals surface area contributed by atoms with Gasteiger partial charge in [-0.15, -0.1) is 0 Å². The lowest BCUT2D eigenvalue weighted by molar-refractivity contribution is -0.0790. The number of nitrogens with zero attached hydrogens (tertiary/aromatic N) is 2. The van der Waals surface area contributed by atoms with E-state index in [4.69, 9.17) is 9.72 Å². The molecule has 2 atom stereocenters. The quantitative estimate of drug-likeness (QED) is 0.520. The molecule has 2 aromatic heterocycles. The van der Waals surface area contributed by atoms with E-state index in [1.165, 1.54) is 0 Å². The summed E-state index contributed by atoms with van der Waals surface area (Å²) in [6, 6.07) is 9.98. The van der Waals surface area contributed by atoms with Gasteiger partial charge < -0.3 is 9.30 Å². The van der Waals surface area contributed by atoms with Gasteiger partial charge in [-0.1, -0.05) is 25.1 Å². The van der Waals surface area contributed by atoms with E-state index >= 15 is 0 Å². The molecule has 2 aliphatic heterocycles. The lowest BCUT2D eigenvalue weighted by Gasteiger charge is -2.28. The highest BCUT2D eigenvalue weighted by atomic mass is 19.1. The number of ether oxygens (including phenoxy) is 1. The van der Waals surface area contributed by atoms with Crippen LogP contribution in [-0.4, -0.2) is 15.9 Å². The summed E-state index contributed by atoms with van der Waals surface area (Å²) in [6.07, 6.45) is -0.768. The maximum absolute atomic E-state index is 14.2. The van der Waals surface area contributed by atoms with Gasteiger partial charge in [-0.25, -0.2) is 9.37 Å². The minimum absolute atomic E-state index is 0.0385. The zero-order valence-electron chi connectivity index (χ0n) is 14.8. The molecule has 4 nitrogen and oxygen atoms in total. The maximum atomic E-state index is 14.2. The van der Waals surface area contributed by atoms with Crippen LogP contribution in [0.4, 0.5) is 4.39 Å². The van der Waals surface area contributed by atoms with Crippen LogP contribution in [0.2, 0.25) is 0 Å². The predicted octanol–water partition coefficient (Wildman–Crippen LogP) is 4.05. The second-order valence-corrected chi connectivity index (χ2v) is 7.11. The predicted molar refractivity (Wildman–Crippen MR) is 98.0 cm³/mol. The third-order valence-corrected chi connectivity index (χ3v) is 5.81. The van der Waals surface area contributed by atoms with Gasteiger partial charge in [-0.05, 0) is 36.6 Å². The zero-order chi connectivity index (χ0) is 18.0. The molecule has 0 radical (unpaired) electrons. The van der Waals surface area contributed by atoms with E-state index in [-0.39, 0.29) is 12.2 Å². The highest BCUT2D eigenvalue weighted by Gasteiger charge is 2.34. The molecule has 0 bridgehead atoms. The molecule has 1 unspecified atom stereocenters. The fourth-order valence-corrected chi connectivity index (χ4v) is 4.34. The van der Waals surface area contributed by atoms with Crippen LogP contribution >= 0.6 is 0 Å². The van der Waals surface area contributed by atoms with Gasteiger partial charge in [0.25, 0.3) is 5.56 Å². The molecule has 3 aromatic rings. The number of alkyl halides is 1. The Morgan fingerprint density at radius 3 is 2.92 bits per heavy atom. The summed E-state index contributed by atoms with van der Waals surface area (Å²) in [6.45, 7) is 4.55. The van der Waals surface area contributed by atoms with Crippen LogP contribution in [0.15, 0.2) is 35.1 Å². The Balaban J connectivity index is 1.81. The number of pyridine rings is 2. The standard InChI is InChI=1S/C21H19FN2O2/c1-3-12-14-8-18-19-15(11(2)13-6-4-5-7-17(13)23-19)9-24(18)21(25)16(14)10-26-20(12)22/h4-8,12,20H,3,9-10H2,1-2H3/t12?,20-/m1/s1. The molecule has 0 aliphatic carbocycles. The molecule has 5 heteroatoms. The van der Waals surface area contributed by atoms with Crippen molar-refractivity contribution in [3.63, 3.8) is 0 Å². The lowest BCUT2D eigenvalue weighted by Crippen LogP contribution is -2.33. The summed E-state index contributed by atoms with van der Waals surface area (Å²) in [5.74, 6) is -0.400. The summed E-state index contributed by atoms with van der Waals surface area (Å²) in [5, 5.41) is 1.11. The number of fused-ring (bicyclic) bond motifs is 5. The Hall–Kier alpha value is -2.53. The Bertz CT molecular complexity index is 1120. The van der Waals surface area contributed by atoms with Gasteiger partial charge in [-0.3, -0.25) is 4.79 Å². The van der Waals surface area contributed by atoms with Crippen molar-refractivity contribution in [2.24, 2.45) is 0 Å². The van der Waals surface area contributed by atoms with Crippen LogP contribution in [0.1, 0.15) is 41.5 Å². The van der Waals surface area contributed by atoms with Crippen LogP contribution in [0, 0.1) is 6.92 Å². The molecule has 0 N–H and O–H groups in total. The summed E-state index contributed by atoms with van der Waals surface area (Å²) in [5.41, 5.74) is 6.08. The normalized spacial score (nSPS) is 20.7. The van der Waals surface area contributed by atoms with Gasteiger partial charge in [0.2, 0.25) is 6.36 Å². The Kier molecular flexibility index (Phi) is 3.31. The fourth-order valence-electron chi connectivity index (χ4n) is 4.34. The van der Waals surface area contributed by atoms with E-state index in [0.717, 1.165) is 39.0 Å². The van der Waals surface area contributed by atoms with Crippen LogP contribution in [-0.2, 0) is 17.9 Å². The van der Waals surface area contributed by atoms with Gasteiger partial charge in [0.1, 0.15) is 0 Å². The minimum atomic E-state index is -1.36. The second-order valence-electron chi connectivity index (χ2n) is 7.11. The van der Waals surface area contributed by atoms with Crippen LogP contribution in [0.3, 0.4) is 0 Å². The Labute approximate surface area is 150 Å². The summed E-state index contributed by atoms with van der Waals surface area (Å²) in [4.78, 5) is 17.9. The highest BCUT2D eigenvalue weighted by Crippen LogP contribution is 2.39.